The van der Waals surface area contributed by atoms with E-state index in [4.69, 9.17) is 5.73 Å². The lowest BCUT2D eigenvalue weighted by Gasteiger charge is -2.06. The van der Waals surface area contributed by atoms with Crippen molar-refractivity contribution in [1.82, 2.24) is 19.5 Å². The minimum absolute atomic E-state index is 0.110. The Kier molecular flexibility index (Phi) is 3.58. The predicted molar refractivity (Wildman–Crippen MR) is 93.4 cm³/mol. The monoisotopic (exact) mass is 349 g/mol. The molecule has 4 rings (SSSR count). The van der Waals surface area contributed by atoms with Crippen molar-refractivity contribution in [3.05, 3.63) is 76.6 Å². The molecule has 0 fully saturated rings. The van der Waals surface area contributed by atoms with E-state index in [0.29, 0.717) is 11.3 Å². The van der Waals surface area contributed by atoms with Crippen LogP contribution in [0, 0.1) is 5.82 Å². The van der Waals surface area contributed by atoms with Crippen LogP contribution in [0.3, 0.4) is 0 Å². The normalized spacial score (nSPS) is 11.0. The van der Waals surface area contributed by atoms with Gasteiger partial charge in [-0.25, -0.2) is 23.7 Å². The summed E-state index contributed by atoms with van der Waals surface area (Å²) in [5.41, 5.74) is 6.27. The maximum atomic E-state index is 13.2. The van der Waals surface area contributed by atoms with Gasteiger partial charge < -0.3 is 10.7 Å². The Balaban J connectivity index is 2.06. The third kappa shape index (κ3) is 2.53. The second kappa shape index (κ2) is 5.92. The predicted octanol–water partition coefficient (Wildman–Crippen LogP) is 2.01. The highest BCUT2D eigenvalue weighted by Gasteiger charge is 2.20. The summed E-state index contributed by atoms with van der Waals surface area (Å²) in [5.74, 6) is -1.05. The van der Waals surface area contributed by atoms with E-state index in [0.717, 1.165) is 0 Å². The zero-order valence-corrected chi connectivity index (χ0v) is 13.3. The molecule has 0 aliphatic rings. The van der Waals surface area contributed by atoms with E-state index < -0.39 is 17.4 Å². The minimum atomic E-state index is -0.803. The number of H-pyrrole nitrogens is 1. The maximum Gasteiger partial charge on any atom is 0.332 e. The van der Waals surface area contributed by atoms with Gasteiger partial charge in [0.1, 0.15) is 11.3 Å². The summed E-state index contributed by atoms with van der Waals surface area (Å²) in [6, 6.07) is 14.3. The molecule has 0 radical (unpaired) electrons. The average molecular weight is 349 g/mol. The molecule has 26 heavy (non-hydrogen) atoms. The SMILES string of the molecule is NC(=O)c1nc(-c2ccc(F)cc2)nc2c1[nH]c(=O)n2-c1ccccc1. The van der Waals surface area contributed by atoms with Gasteiger partial charge in [-0.15, -0.1) is 0 Å². The third-order valence-electron chi connectivity index (χ3n) is 3.89. The summed E-state index contributed by atoms with van der Waals surface area (Å²) < 4.78 is 14.5. The summed E-state index contributed by atoms with van der Waals surface area (Å²) in [7, 11) is 0. The number of aromatic nitrogens is 4. The van der Waals surface area contributed by atoms with E-state index in [2.05, 4.69) is 15.0 Å². The quantitative estimate of drug-likeness (QED) is 0.590. The molecule has 0 unspecified atom stereocenters. The molecular weight excluding hydrogens is 337 g/mol. The number of hydrogen-bond donors (Lipinski definition) is 2. The number of primary amides is 1. The van der Waals surface area contributed by atoms with Crippen LogP contribution in [0.4, 0.5) is 4.39 Å². The van der Waals surface area contributed by atoms with Crippen molar-refractivity contribution < 1.29 is 9.18 Å². The van der Waals surface area contributed by atoms with Gasteiger partial charge in [0.2, 0.25) is 0 Å². The largest absolute Gasteiger partial charge is 0.364 e. The van der Waals surface area contributed by atoms with Gasteiger partial charge in [0.05, 0.1) is 5.69 Å². The molecule has 0 aliphatic carbocycles. The van der Waals surface area contributed by atoms with Crippen LogP contribution in [0.2, 0.25) is 0 Å². The van der Waals surface area contributed by atoms with Crippen molar-refractivity contribution in [2.75, 3.05) is 0 Å². The first-order valence-corrected chi connectivity index (χ1v) is 7.68. The lowest BCUT2D eigenvalue weighted by atomic mass is 10.2. The number of carbonyl (C=O) groups is 1. The summed E-state index contributed by atoms with van der Waals surface area (Å²) >= 11 is 0. The smallest absolute Gasteiger partial charge is 0.332 e. The lowest BCUT2D eigenvalue weighted by Crippen LogP contribution is -2.15. The van der Waals surface area contributed by atoms with E-state index in [-0.39, 0.29) is 22.7 Å². The summed E-state index contributed by atoms with van der Waals surface area (Å²) in [6.07, 6.45) is 0. The van der Waals surface area contributed by atoms with Crippen molar-refractivity contribution in [3.8, 4) is 17.1 Å². The van der Waals surface area contributed by atoms with Crippen LogP contribution in [0.5, 0.6) is 0 Å². The van der Waals surface area contributed by atoms with Gasteiger partial charge in [0.25, 0.3) is 5.91 Å². The highest BCUT2D eigenvalue weighted by Crippen LogP contribution is 2.22. The van der Waals surface area contributed by atoms with Gasteiger partial charge in [-0.05, 0) is 36.4 Å². The fourth-order valence-electron chi connectivity index (χ4n) is 2.71. The van der Waals surface area contributed by atoms with Crippen LogP contribution < -0.4 is 11.4 Å². The molecule has 8 heteroatoms. The Bertz CT molecular complexity index is 1180. The van der Waals surface area contributed by atoms with Crippen LogP contribution in [0.15, 0.2) is 59.4 Å². The van der Waals surface area contributed by atoms with Crippen LogP contribution in [0.25, 0.3) is 28.2 Å². The average Bonchev–Trinajstić information content (AvgIpc) is 2.97. The summed E-state index contributed by atoms with van der Waals surface area (Å²) in [6.45, 7) is 0. The van der Waals surface area contributed by atoms with E-state index in [1.165, 1.54) is 28.8 Å². The molecule has 2 aromatic carbocycles. The van der Waals surface area contributed by atoms with Crippen molar-refractivity contribution in [2.24, 2.45) is 5.73 Å². The summed E-state index contributed by atoms with van der Waals surface area (Å²) in [5, 5.41) is 0. The molecule has 7 nitrogen and oxygen atoms in total. The number of carbonyl (C=O) groups excluding carboxylic acids is 1. The molecule has 2 heterocycles. The highest BCUT2D eigenvalue weighted by molar-refractivity contribution is 6.02. The topological polar surface area (TPSA) is 107 Å². The van der Waals surface area contributed by atoms with Crippen LogP contribution in [-0.4, -0.2) is 25.4 Å². The Hall–Kier alpha value is -3.81. The number of halogens is 1. The van der Waals surface area contributed by atoms with Gasteiger partial charge in [0.15, 0.2) is 17.2 Å². The summed E-state index contributed by atoms with van der Waals surface area (Å²) in [4.78, 5) is 35.4. The highest BCUT2D eigenvalue weighted by atomic mass is 19.1. The van der Waals surface area contributed by atoms with Crippen LogP contribution >= 0.6 is 0 Å². The van der Waals surface area contributed by atoms with E-state index in [1.807, 2.05) is 6.07 Å². The number of rotatable bonds is 3. The van der Waals surface area contributed by atoms with Crippen LogP contribution in [0.1, 0.15) is 10.5 Å². The third-order valence-corrected chi connectivity index (χ3v) is 3.89. The zero-order chi connectivity index (χ0) is 18.3. The van der Waals surface area contributed by atoms with Gasteiger partial charge >= 0.3 is 5.69 Å². The van der Waals surface area contributed by atoms with Crippen molar-refractivity contribution >= 4 is 17.1 Å². The molecule has 0 atom stereocenters. The van der Waals surface area contributed by atoms with Crippen molar-refractivity contribution in [1.29, 1.82) is 0 Å². The van der Waals surface area contributed by atoms with Crippen LogP contribution in [-0.2, 0) is 0 Å². The Labute approximate surface area is 145 Å². The van der Waals surface area contributed by atoms with E-state index in [9.17, 15) is 14.0 Å². The number of imidazole rings is 1. The Morgan fingerprint density at radius 1 is 1.04 bits per heavy atom. The molecule has 128 valence electrons. The van der Waals surface area contributed by atoms with E-state index in [1.54, 1.807) is 24.3 Å². The van der Waals surface area contributed by atoms with E-state index >= 15 is 0 Å². The number of fused-ring (bicyclic) bond motifs is 1. The molecular formula is C18H12FN5O2. The number of benzene rings is 2. The first kappa shape index (κ1) is 15.7. The fourth-order valence-corrected chi connectivity index (χ4v) is 2.71. The first-order valence-electron chi connectivity index (χ1n) is 7.68. The number of nitrogens with one attached hydrogen (secondary N) is 1. The molecule has 1 amide bonds. The molecule has 0 spiro atoms. The minimum Gasteiger partial charge on any atom is -0.364 e. The van der Waals surface area contributed by atoms with Crippen molar-refractivity contribution in [3.63, 3.8) is 0 Å². The number of hydrogen-bond acceptors (Lipinski definition) is 4. The molecule has 0 bridgehead atoms. The molecule has 3 N–H and O–H groups in total. The number of para-hydroxylation sites is 1. The van der Waals surface area contributed by atoms with Gasteiger partial charge in [-0.2, -0.15) is 0 Å². The lowest BCUT2D eigenvalue weighted by molar-refractivity contribution is 0.0997. The number of nitrogens with zero attached hydrogens (tertiary/aromatic N) is 3. The molecule has 2 aromatic heterocycles. The Morgan fingerprint density at radius 2 is 1.73 bits per heavy atom. The van der Waals surface area contributed by atoms with Gasteiger partial charge in [0, 0.05) is 5.56 Å². The zero-order valence-electron chi connectivity index (χ0n) is 13.3. The van der Waals surface area contributed by atoms with Gasteiger partial charge in [-0.3, -0.25) is 4.79 Å². The molecule has 0 aliphatic heterocycles. The number of amides is 1. The maximum absolute atomic E-state index is 13.2. The van der Waals surface area contributed by atoms with Gasteiger partial charge in [-0.1, -0.05) is 18.2 Å². The first-order chi connectivity index (χ1) is 12.5. The standard InChI is InChI=1S/C18H12FN5O2/c19-11-8-6-10(7-9-11)16-21-13(15(20)25)14-17(23-16)24(18(26)22-14)12-4-2-1-3-5-12/h1-9H,(H2,20,25)(H,22,26). The van der Waals surface area contributed by atoms with Crippen molar-refractivity contribution in [2.45, 2.75) is 0 Å². The molecule has 0 saturated carbocycles. The number of aromatic amines is 1. The Morgan fingerprint density at radius 3 is 2.38 bits per heavy atom. The molecule has 0 saturated heterocycles. The molecule has 4 aromatic rings. The second-order valence-electron chi connectivity index (χ2n) is 5.57. The second-order valence-corrected chi connectivity index (χ2v) is 5.57. The number of nitrogens with two attached hydrogens (primary N) is 1. The fraction of sp³-hybridized carbons (Fsp3) is 0.